The van der Waals surface area contributed by atoms with Gasteiger partial charge in [0, 0.05) is 31.4 Å². The molecule has 1 unspecified atom stereocenters. The fourth-order valence-electron chi connectivity index (χ4n) is 2.86. The summed E-state index contributed by atoms with van der Waals surface area (Å²) < 4.78 is 46.0. The molecule has 6 nitrogen and oxygen atoms in total. The van der Waals surface area contributed by atoms with Crippen LogP contribution in [0.2, 0.25) is 0 Å². The molecule has 134 valence electrons. The molecule has 0 bridgehead atoms. The number of hydrogen-bond donors (Lipinski definition) is 0. The van der Waals surface area contributed by atoms with Gasteiger partial charge in [-0.1, -0.05) is 0 Å². The quantitative estimate of drug-likeness (QED) is 0.814. The highest BCUT2D eigenvalue weighted by Crippen LogP contribution is 2.25. The molecule has 1 fully saturated rings. The van der Waals surface area contributed by atoms with Crippen LogP contribution in [0, 0.1) is 18.7 Å². The van der Waals surface area contributed by atoms with E-state index in [1.807, 2.05) is 0 Å². The zero-order valence-electron chi connectivity index (χ0n) is 13.9. The first-order valence-electron chi connectivity index (χ1n) is 8.13. The molecular formula is C17H20FN3O3S. The summed E-state index contributed by atoms with van der Waals surface area (Å²) in [6.07, 6.45) is 4.82. The van der Waals surface area contributed by atoms with E-state index in [0.29, 0.717) is 25.3 Å². The molecule has 1 saturated heterocycles. The average molecular weight is 365 g/mol. The second kappa shape index (κ2) is 7.45. The molecule has 2 aromatic rings. The molecule has 1 aromatic heterocycles. The van der Waals surface area contributed by atoms with E-state index in [0.717, 1.165) is 12.8 Å². The van der Waals surface area contributed by atoms with Crippen molar-refractivity contribution < 1.29 is 17.5 Å². The molecular weight excluding hydrogens is 345 g/mol. The lowest BCUT2D eigenvalue weighted by molar-refractivity contribution is 0.171. The van der Waals surface area contributed by atoms with Crippen molar-refractivity contribution in [1.82, 2.24) is 14.3 Å². The van der Waals surface area contributed by atoms with Crippen LogP contribution in [0.3, 0.4) is 0 Å². The Morgan fingerprint density at radius 3 is 2.80 bits per heavy atom. The van der Waals surface area contributed by atoms with Crippen molar-refractivity contribution in [1.29, 1.82) is 0 Å². The first-order valence-corrected chi connectivity index (χ1v) is 9.57. The third-order valence-electron chi connectivity index (χ3n) is 4.24. The molecule has 1 aliphatic rings. The van der Waals surface area contributed by atoms with Crippen molar-refractivity contribution in [3.8, 4) is 6.01 Å². The van der Waals surface area contributed by atoms with E-state index in [4.69, 9.17) is 4.74 Å². The summed E-state index contributed by atoms with van der Waals surface area (Å²) in [5, 5.41) is 0. The van der Waals surface area contributed by atoms with E-state index in [1.54, 1.807) is 25.4 Å². The zero-order valence-corrected chi connectivity index (χ0v) is 14.7. The van der Waals surface area contributed by atoms with Gasteiger partial charge in [0.2, 0.25) is 10.0 Å². The molecule has 0 amide bonds. The maximum atomic E-state index is 13.4. The van der Waals surface area contributed by atoms with Gasteiger partial charge in [-0.2, -0.15) is 4.31 Å². The summed E-state index contributed by atoms with van der Waals surface area (Å²) >= 11 is 0. The Hall–Kier alpha value is -2.06. The minimum Gasteiger partial charge on any atom is -0.463 e. The van der Waals surface area contributed by atoms with E-state index < -0.39 is 15.8 Å². The van der Waals surface area contributed by atoms with Gasteiger partial charge in [-0.25, -0.2) is 22.8 Å². The van der Waals surface area contributed by atoms with Gasteiger partial charge in [0.15, 0.2) is 0 Å². The Bertz CT molecular complexity index is 830. The van der Waals surface area contributed by atoms with Gasteiger partial charge in [0.25, 0.3) is 0 Å². The number of rotatable bonds is 5. The summed E-state index contributed by atoms with van der Waals surface area (Å²) in [5.74, 6) is -0.347. The number of hydrogen-bond acceptors (Lipinski definition) is 5. The topological polar surface area (TPSA) is 72.4 Å². The second-order valence-corrected chi connectivity index (χ2v) is 8.06. The van der Waals surface area contributed by atoms with Gasteiger partial charge >= 0.3 is 6.01 Å². The number of benzene rings is 1. The lowest BCUT2D eigenvalue weighted by atomic mass is 10.0. The Balaban J connectivity index is 1.68. The maximum absolute atomic E-state index is 13.4. The summed E-state index contributed by atoms with van der Waals surface area (Å²) in [5.41, 5.74) is 0.319. The molecule has 1 aromatic carbocycles. The van der Waals surface area contributed by atoms with Crippen molar-refractivity contribution in [2.45, 2.75) is 24.7 Å². The molecule has 2 heterocycles. The van der Waals surface area contributed by atoms with Crippen LogP contribution in [0.4, 0.5) is 4.39 Å². The van der Waals surface area contributed by atoms with Crippen molar-refractivity contribution >= 4 is 10.0 Å². The van der Waals surface area contributed by atoms with Crippen molar-refractivity contribution in [2.75, 3.05) is 19.7 Å². The van der Waals surface area contributed by atoms with Crippen molar-refractivity contribution in [3.05, 3.63) is 48.0 Å². The van der Waals surface area contributed by atoms with Crippen LogP contribution in [0.15, 0.2) is 41.6 Å². The fourth-order valence-corrected chi connectivity index (χ4v) is 4.50. The lowest BCUT2D eigenvalue weighted by Crippen LogP contribution is -2.41. The molecule has 3 rings (SSSR count). The maximum Gasteiger partial charge on any atom is 0.316 e. The summed E-state index contributed by atoms with van der Waals surface area (Å²) in [6.45, 7) is 2.74. The molecule has 0 N–H and O–H groups in total. The number of aryl methyl sites for hydroxylation is 1. The van der Waals surface area contributed by atoms with Gasteiger partial charge in [-0.15, -0.1) is 0 Å². The predicted octanol–water partition coefficient (Wildman–Crippen LogP) is 2.40. The smallest absolute Gasteiger partial charge is 0.316 e. The molecule has 1 aliphatic heterocycles. The first kappa shape index (κ1) is 17.8. The summed E-state index contributed by atoms with van der Waals surface area (Å²) in [4.78, 5) is 8.12. The molecule has 0 saturated carbocycles. The van der Waals surface area contributed by atoms with Crippen LogP contribution in [0.1, 0.15) is 18.4 Å². The van der Waals surface area contributed by atoms with Crippen LogP contribution in [0.25, 0.3) is 0 Å². The minimum absolute atomic E-state index is 0.0638. The molecule has 0 spiro atoms. The molecule has 0 aliphatic carbocycles. The first-order chi connectivity index (χ1) is 12.0. The fraction of sp³-hybridized carbons (Fsp3) is 0.412. The van der Waals surface area contributed by atoms with E-state index in [9.17, 15) is 12.8 Å². The number of aromatic nitrogens is 2. The summed E-state index contributed by atoms with van der Waals surface area (Å²) in [7, 11) is -3.64. The Labute approximate surface area is 146 Å². The van der Waals surface area contributed by atoms with Gasteiger partial charge in [-0.05, 0) is 49.6 Å². The summed E-state index contributed by atoms with van der Waals surface area (Å²) in [6, 6.07) is 5.88. The third kappa shape index (κ3) is 4.13. The van der Waals surface area contributed by atoms with Crippen LogP contribution in [0.5, 0.6) is 6.01 Å². The van der Waals surface area contributed by atoms with Crippen molar-refractivity contribution in [3.63, 3.8) is 0 Å². The molecule has 25 heavy (non-hydrogen) atoms. The average Bonchev–Trinajstić information content (AvgIpc) is 2.63. The highest BCUT2D eigenvalue weighted by molar-refractivity contribution is 7.89. The largest absolute Gasteiger partial charge is 0.463 e. The normalized spacial score (nSPS) is 18.9. The monoisotopic (exact) mass is 365 g/mol. The highest BCUT2D eigenvalue weighted by atomic mass is 32.2. The highest BCUT2D eigenvalue weighted by Gasteiger charge is 2.31. The lowest BCUT2D eigenvalue weighted by Gasteiger charge is -2.31. The second-order valence-electron chi connectivity index (χ2n) is 6.12. The van der Waals surface area contributed by atoms with Crippen molar-refractivity contribution in [2.24, 2.45) is 5.92 Å². The zero-order chi connectivity index (χ0) is 17.9. The number of piperidine rings is 1. The Kier molecular flexibility index (Phi) is 5.29. The SMILES string of the molecule is Cc1cc(S(=O)(=O)N2CCCC(COc3ncccn3)C2)ccc1F. The van der Waals surface area contributed by atoms with E-state index >= 15 is 0 Å². The molecule has 0 radical (unpaired) electrons. The van der Waals surface area contributed by atoms with Crippen LogP contribution in [-0.4, -0.2) is 42.4 Å². The third-order valence-corrected chi connectivity index (χ3v) is 6.10. The van der Waals surface area contributed by atoms with Crippen LogP contribution >= 0.6 is 0 Å². The predicted molar refractivity (Wildman–Crippen MR) is 90.1 cm³/mol. The molecule has 1 atom stereocenters. The van der Waals surface area contributed by atoms with Gasteiger partial charge in [0.05, 0.1) is 11.5 Å². The van der Waals surface area contributed by atoms with E-state index in [1.165, 1.54) is 22.5 Å². The number of halogens is 1. The van der Waals surface area contributed by atoms with Gasteiger partial charge < -0.3 is 4.74 Å². The minimum atomic E-state index is -3.64. The Morgan fingerprint density at radius 1 is 1.32 bits per heavy atom. The van der Waals surface area contributed by atoms with Gasteiger partial charge in [-0.3, -0.25) is 0 Å². The van der Waals surface area contributed by atoms with Crippen LogP contribution < -0.4 is 4.74 Å². The van der Waals surface area contributed by atoms with E-state index in [-0.39, 0.29) is 16.8 Å². The van der Waals surface area contributed by atoms with Gasteiger partial charge in [0.1, 0.15) is 5.82 Å². The molecule has 8 heteroatoms. The van der Waals surface area contributed by atoms with Crippen LogP contribution in [-0.2, 0) is 10.0 Å². The number of ether oxygens (including phenoxy) is 1. The Morgan fingerprint density at radius 2 is 2.08 bits per heavy atom. The number of nitrogens with zero attached hydrogens (tertiary/aromatic N) is 3. The standard InChI is InChI=1S/C17H20FN3O3S/c1-13-10-15(5-6-16(13)18)25(22,23)21-9-2-4-14(11-21)12-24-17-19-7-3-8-20-17/h3,5-8,10,14H,2,4,9,11-12H2,1H3. The number of sulfonamides is 1. The van der Waals surface area contributed by atoms with E-state index in [2.05, 4.69) is 9.97 Å².